The molecule has 0 unspecified atom stereocenters. The Hall–Kier alpha value is -1.82. The summed E-state index contributed by atoms with van der Waals surface area (Å²) in [6.07, 6.45) is 8.15. The molecule has 0 N–H and O–H groups in total. The maximum absolute atomic E-state index is 8.22. The molecule has 0 radical (unpaired) electrons. The monoisotopic (exact) mass is 300 g/mol. The summed E-state index contributed by atoms with van der Waals surface area (Å²) >= 11 is 0. The van der Waals surface area contributed by atoms with Crippen molar-refractivity contribution in [1.29, 1.82) is 0 Å². The number of hydrogen-bond donors (Lipinski definition) is 0. The second-order valence-electron chi connectivity index (χ2n) is 6.29. The number of pyridine rings is 1. The Morgan fingerprint density at radius 1 is 1.27 bits per heavy atom. The molecule has 1 saturated heterocycles. The van der Waals surface area contributed by atoms with Gasteiger partial charge in [0.15, 0.2) is 0 Å². The largest absolute Gasteiger partial charge is 0.496 e. The Morgan fingerprint density at radius 3 is 2.59 bits per heavy atom. The van der Waals surface area contributed by atoms with E-state index in [2.05, 4.69) is 15.0 Å². The molecule has 0 atom stereocenters. The van der Waals surface area contributed by atoms with Crippen LogP contribution >= 0.6 is 0 Å². The normalized spacial score (nSPS) is 19.4. The first kappa shape index (κ1) is 16.6. The molecule has 6 nitrogen and oxygen atoms in total. The van der Waals surface area contributed by atoms with Crippen LogP contribution in [0.4, 0.5) is 0 Å². The molecule has 2 heterocycles. The molecule has 2 rings (SSSR count). The van der Waals surface area contributed by atoms with Gasteiger partial charge in [-0.2, -0.15) is 0 Å². The lowest BCUT2D eigenvalue weighted by Gasteiger charge is -2.32. The summed E-state index contributed by atoms with van der Waals surface area (Å²) in [5.41, 5.74) is 9.36. The fourth-order valence-electron chi connectivity index (χ4n) is 2.07. The van der Waals surface area contributed by atoms with E-state index < -0.39 is 7.12 Å². The minimum absolute atomic E-state index is 0.362. The molecule has 0 aliphatic carbocycles. The van der Waals surface area contributed by atoms with Crippen molar-refractivity contribution in [2.45, 2.75) is 45.3 Å². The highest BCUT2D eigenvalue weighted by Crippen LogP contribution is 2.36. The molecule has 22 heavy (non-hydrogen) atoms. The molecule has 1 aromatic rings. The van der Waals surface area contributed by atoms with E-state index in [0.717, 1.165) is 11.0 Å². The van der Waals surface area contributed by atoms with Gasteiger partial charge in [0.1, 0.15) is 0 Å². The number of rotatable bonds is 5. The molecule has 0 spiro atoms. The molecule has 1 aliphatic rings. The van der Waals surface area contributed by atoms with E-state index in [4.69, 9.17) is 14.8 Å². The van der Waals surface area contributed by atoms with E-state index in [0.29, 0.717) is 13.0 Å². The zero-order chi connectivity index (χ0) is 16.2. The van der Waals surface area contributed by atoms with Crippen LogP contribution in [0.5, 0.6) is 0 Å². The summed E-state index contributed by atoms with van der Waals surface area (Å²) in [6, 6.07) is 2.00. The number of azide groups is 1. The van der Waals surface area contributed by atoms with Crippen LogP contribution < -0.4 is 5.46 Å². The van der Waals surface area contributed by atoms with Crippen molar-refractivity contribution < 1.29 is 9.31 Å². The molecule has 0 bridgehead atoms. The van der Waals surface area contributed by atoms with Crippen LogP contribution in [0, 0.1) is 0 Å². The van der Waals surface area contributed by atoms with Gasteiger partial charge in [-0.25, -0.2) is 0 Å². The van der Waals surface area contributed by atoms with Crippen molar-refractivity contribution in [3.05, 3.63) is 40.5 Å². The highest BCUT2D eigenvalue weighted by atomic mass is 16.7. The van der Waals surface area contributed by atoms with Crippen molar-refractivity contribution in [1.82, 2.24) is 4.98 Å². The first-order valence-corrected chi connectivity index (χ1v) is 7.34. The van der Waals surface area contributed by atoms with Gasteiger partial charge < -0.3 is 9.31 Å². The van der Waals surface area contributed by atoms with E-state index in [1.807, 2.05) is 45.9 Å². The van der Waals surface area contributed by atoms with E-state index in [-0.39, 0.29) is 11.2 Å². The first-order chi connectivity index (χ1) is 10.4. The fourth-order valence-corrected chi connectivity index (χ4v) is 2.07. The van der Waals surface area contributed by atoms with Crippen molar-refractivity contribution >= 4 is 18.7 Å². The van der Waals surface area contributed by atoms with E-state index in [1.165, 1.54) is 0 Å². The van der Waals surface area contributed by atoms with Crippen molar-refractivity contribution in [2.75, 3.05) is 6.54 Å². The second kappa shape index (κ2) is 6.52. The predicted molar refractivity (Wildman–Crippen MR) is 87.6 cm³/mol. The Balaban J connectivity index is 2.08. The zero-order valence-electron chi connectivity index (χ0n) is 13.5. The van der Waals surface area contributed by atoms with Crippen LogP contribution in [0.1, 0.15) is 39.7 Å². The quantitative estimate of drug-likeness (QED) is 0.275. The van der Waals surface area contributed by atoms with Gasteiger partial charge in [0.2, 0.25) is 0 Å². The maximum atomic E-state index is 8.22. The molecule has 0 aromatic carbocycles. The molecule has 1 aromatic heterocycles. The molecule has 7 heteroatoms. The molecule has 0 amide bonds. The Kier molecular flexibility index (Phi) is 4.91. The third-order valence-corrected chi connectivity index (χ3v) is 4.08. The molecule has 116 valence electrons. The SMILES string of the molecule is CC1(C)OB(c2cncc(C=CCCN=[N+]=[N-])c2)OC1(C)C. The predicted octanol–water partition coefficient (Wildman–Crippen LogP) is 3.09. The summed E-state index contributed by atoms with van der Waals surface area (Å²) in [7, 11) is -0.408. The topological polar surface area (TPSA) is 80.1 Å². The fraction of sp³-hybridized carbons (Fsp3) is 0.533. The van der Waals surface area contributed by atoms with Crippen LogP contribution in [-0.2, 0) is 9.31 Å². The van der Waals surface area contributed by atoms with Crippen LogP contribution in [0.15, 0.2) is 29.7 Å². The minimum Gasteiger partial charge on any atom is -0.399 e. The van der Waals surface area contributed by atoms with Gasteiger partial charge in [0, 0.05) is 29.3 Å². The van der Waals surface area contributed by atoms with Crippen molar-refractivity contribution in [3.63, 3.8) is 0 Å². The smallest absolute Gasteiger partial charge is 0.399 e. The minimum atomic E-state index is -0.408. The van der Waals surface area contributed by atoms with Crippen molar-refractivity contribution in [3.8, 4) is 0 Å². The van der Waals surface area contributed by atoms with Gasteiger partial charge in [0.05, 0.1) is 11.2 Å². The van der Waals surface area contributed by atoms with Gasteiger partial charge in [-0.05, 0) is 45.2 Å². The Labute approximate surface area is 131 Å². The van der Waals surface area contributed by atoms with Gasteiger partial charge in [-0.1, -0.05) is 23.3 Å². The van der Waals surface area contributed by atoms with Gasteiger partial charge in [-0.15, -0.1) is 0 Å². The third kappa shape index (κ3) is 3.68. The van der Waals surface area contributed by atoms with Crippen molar-refractivity contribution in [2.24, 2.45) is 5.11 Å². The van der Waals surface area contributed by atoms with E-state index in [9.17, 15) is 0 Å². The molecule has 1 fully saturated rings. The highest BCUT2D eigenvalue weighted by Gasteiger charge is 2.51. The lowest BCUT2D eigenvalue weighted by molar-refractivity contribution is 0.00578. The summed E-state index contributed by atoms with van der Waals surface area (Å²) in [5.74, 6) is 0. The second-order valence-corrected chi connectivity index (χ2v) is 6.29. The lowest BCUT2D eigenvalue weighted by atomic mass is 9.80. The Morgan fingerprint density at radius 2 is 1.95 bits per heavy atom. The summed E-state index contributed by atoms with van der Waals surface area (Å²) < 4.78 is 12.0. The average molecular weight is 300 g/mol. The number of aromatic nitrogens is 1. The number of hydrogen-bond acceptors (Lipinski definition) is 4. The first-order valence-electron chi connectivity index (χ1n) is 7.34. The average Bonchev–Trinajstić information content (AvgIpc) is 2.68. The zero-order valence-corrected chi connectivity index (χ0v) is 13.5. The summed E-state index contributed by atoms with van der Waals surface area (Å²) in [4.78, 5) is 6.97. The van der Waals surface area contributed by atoms with Crippen LogP contribution in [-0.4, -0.2) is 29.8 Å². The highest BCUT2D eigenvalue weighted by molar-refractivity contribution is 6.62. The van der Waals surface area contributed by atoms with E-state index in [1.54, 1.807) is 12.4 Å². The Bertz CT molecular complexity index is 593. The molecule has 0 saturated carbocycles. The van der Waals surface area contributed by atoms with E-state index >= 15 is 0 Å². The van der Waals surface area contributed by atoms with Gasteiger partial charge in [0.25, 0.3) is 0 Å². The summed E-state index contributed by atoms with van der Waals surface area (Å²) in [5, 5.41) is 3.49. The number of nitrogens with zero attached hydrogens (tertiary/aromatic N) is 4. The molecular weight excluding hydrogens is 279 g/mol. The standard InChI is InChI=1S/C15H21BN4O2/c1-14(2)15(3,4)22-16(21-14)13-9-12(10-18-11-13)7-5-6-8-19-20-17/h5,7,9-11H,6,8H2,1-4H3. The summed E-state index contributed by atoms with van der Waals surface area (Å²) in [6.45, 7) is 8.57. The van der Waals surface area contributed by atoms with Crippen LogP contribution in [0.2, 0.25) is 0 Å². The van der Waals surface area contributed by atoms with Gasteiger partial charge in [-0.3, -0.25) is 4.98 Å². The van der Waals surface area contributed by atoms with Crippen LogP contribution in [0.25, 0.3) is 16.5 Å². The van der Waals surface area contributed by atoms with Crippen LogP contribution in [0.3, 0.4) is 0 Å². The maximum Gasteiger partial charge on any atom is 0.496 e. The van der Waals surface area contributed by atoms with Gasteiger partial charge >= 0.3 is 7.12 Å². The molecule has 1 aliphatic heterocycles. The third-order valence-electron chi connectivity index (χ3n) is 4.08. The lowest BCUT2D eigenvalue weighted by Crippen LogP contribution is -2.41. The molecular formula is C15H21BN4O2.